The fourth-order valence-electron chi connectivity index (χ4n) is 1.95. The van der Waals surface area contributed by atoms with Gasteiger partial charge in [-0.2, -0.15) is 0 Å². The molecule has 96 valence electrons. The second-order valence-corrected chi connectivity index (χ2v) is 5.81. The number of likely N-dealkylation sites (N-methyl/N-ethyl adjacent to an activating group) is 1. The summed E-state index contributed by atoms with van der Waals surface area (Å²) in [5.41, 5.74) is 1.22. The molecule has 0 aliphatic heterocycles. The molecule has 1 aromatic rings. The van der Waals surface area contributed by atoms with E-state index in [0.717, 1.165) is 22.5 Å². The van der Waals surface area contributed by atoms with E-state index in [4.69, 9.17) is 11.6 Å². The average Bonchev–Trinajstić information content (AvgIpc) is 2.30. The maximum atomic E-state index is 6.26. The summed E-state index contributed by atoms with van der Waals surface area (Å²) in [7, 11) is 0. The van der Waals surface area contributed by atoms with Gasteiger partial charge in [0.2, 0.25) is 0 Å². The first-order valence-electron chi connectivity index (χ1n) is 6.25. The molecule has 0 saturated carbocycles. The molecule has 0 aliphatic carbocycles. The lowest BCUT2D eigenvalue weighted by Crippen LogP contribution is -2.36. The summed E-state index contributed by atoms with van der Waals surface area (Å²) in [5, 5.41) is 4.41. The molecular weight excluding hydrogens is 298 g/mol. The van der Waals surface area contributed by atoms with Gasteiger partial charge in [-0.05, 0) is 36.6 Å². The molecule has 0 spiro atoms. The Morgan fingerprint density at radius 1 is 1.35 bits per heavy atom. The van der Waals surface area contributed by atoms with Gasteiger partial charge in [0, 0.05) is 15.5 Å². The topological polar surface area (TPSA) is 12.0 Å². The molecule has 2 atom stereocenters. The van der Waals surface area contributed by atoms with Crippen molar-refractivity contribution in [2.45, 2.75) is 39.7 Å². The molecule has 1 nitrogen and oxygen atoms in total. The normalized spacial score (nSPS) is 14.6. The minimum atomic E-state index is 0.503. The molecule has 0 bridgehead atoms. The van der Waals surface area contributed by atoms with Crippen molar-refractivity contribution < 1.29 is 0 Å². The van der Waals surface area contributed by atoms with Crippen LogP contribution in [0, 0.1) is 5.92 Å². The van der Waals surface area contributed by atoms with Crippen LogP contribution in [0.25, 0.3) is 0 Å². The monoisotopic (exact) mass is 317 g/mol. The average molecular weight is 319 g/mol. The predicted molar refractivity (Wildman–Crippen MR) is 79.8 cm³/mol. The van der Waals surface area contributed by atoms with Crippen molar-refractivity contribution in [3.63, 3.8) is 0 Å². The molecule has 3 heteroatoms. The minimum absolute atomic E-state index is 0.503. The fraction of sp³-hybridized carbons (Fsp3) is 0.571. The summed E-state index contributed by atoms with van der Waals surface area (Å²) in [6.45, 7) is 7.68. The van der Waals surface area contributed by atoms with Gasteiger partial charge in [0.05, 0.1) is 0 Å². The highest BCUT2D eigenvalue weighted by Gasteiger charge is 2.16. The molecule has 1 aromatic carbocycles. The van der Waals surface area contributed by atoms with Crippen molar-refractivity contribution in [2.24, 2.45) is 5.92 Å². The molecule has 1 N–H and O–H groups in total. The number of nitrogens with one attached hydrogen (secondary N) is 1. The first-order valence-corrected chi connectivity index (χ1v) is 7.42. The number of hydrogen-bond donors (Lipinski definition) is 1. The Balaban J connectivity index is 2.78. The van der Waals surface area contributed by atoms with Gasteiger partial charge in [-0.3, -0.25) is 0 Å². The van der Waals surface area contributed by atoms with Crippen LogP contribution in [0.4, 0.5) is 0 Å². The molecular formula is C14H21BrClN. The Kier molecular flexibility index (Phi) is 6.53. The van der Waals surface area contributed by atoms with Gasteiger partial charge in [0.1, 0.15) is 0 Å². The first-order chi connectivity index (χ1) is 8.08. The smallest absolute Gasteiger partial charge is 0.0449 e. The predicted octanol–water partition coefficient (Wildman–Crippen LogP) is 4.67. The van der Waals surface area contributed by atoms with Crippen LogP contribution in [0.3, 0.4) is 0 Å². The molecule has 0 heterocycles. The van der Waals surface area contributed by atoms with Gasteiger partial charge in [0.15, 0.2) is 0 Å². The Labute approximate surface area is 118 Å². The van der Waals surface area contributed by atoms with Crippen LogP contribution in [0.15, 0.2) is 22.7 Å². The summed E-state index contributed by atoms with van der Waals surface area (Å²) >= 11 is 9.70. The van der Waals surface area contributed by atoms with Crippen molar-refractivity contribution in [3.05, 3.63) is 33.3 Å². The highest BCUT2D eigenvalue weighted by Crippen LogP contribution is 2.24. The molecule has 2 unspecified atom stereocenters. The molecule has 0 amide bonds. The van der Waals surface area contributed by atoms with Gasteiger partial charge in [-0.15, -0.1) is 0 Å². The van der Waals surface area contributed by atoms with Crippen LogP contribution in [0.2, 0.25) is 5.02 Å². The Hall–Kier alpha value is -0.0500. The molecule has 0 saturated heterocycles. The number of rotatable bonds is 6. The van der Waals surface area contributed by atoms with E-state index in [2.05, 4.69) is 54.2 Å². The van der Waals surface area contributed by atoms with Crippen molar-refractivity contribution in [1.29, 1.82) is 0 Å². The van der Waals surface area contributed by atoms with Crippen LogP contribution < -0.4 is 5.32 Å². The number of benzene rings is 1. The molecule has 0 aromatic heterocycles. The SMILES string of the molecule is CCNC(Cc1ccc(Br)cc1Cl)C(C)CC. The number of hydrogen-bond acceptors (Lipinski definition) is 1. The van der Waals surface area contributed by atoms with E-state index >= 15 is 0 Å². The van der Waals surface area contributed by atoms with E-state index in [1.807, 2.05) is 6.07 Å². The lowest BCUT2D eigenvalue weighted by atomic mass is 9.93. The first kappa shape index (κ1) is 15.0. The second-order valence-electron chi connectivity index (χ2n) is 4.49. The van der Waals surface area contributed by atoms with Crippen molar-refractivity contribution in [2.75, 3.05) is 6.54 Å². The maximum Gasteiger partial charge on any atom is 0.0449 e. The van der Waals surface area contributed by atoms with E-state index < -0.39 is 0 Å². The van der Waals surface area contributed by atoms with Gasteiger partial charge < -0.3 is 5.32 Å². The van der Waals surface area contributed by atoms with Crippen molar-refractivity contribution in [3.8, 4) is 0 Å². The quantitative estimate of drug-likeness (QED) is 0.803. The van der Waals surface area contributed by atoms with Crippen molar-refractivity contribution in [1.82, 2.24) is 5.32 Å². The molecule has 0 fully saturated rings. The summed E-state index contributed by atoms with van der Waals surface area (Å²) in [6, 6.07) is 6.64. The van der Waals surface area contributed by atoms with Crippen LogP contribution in [0.1, 0.15) is 32.8 Å². The zero-order valence-corrected chi connectivity index (χ0v) is 13.1. The fourth-order valence-corrected chi connectivity index (χ4v) is 2.70. The van der Waals surface area contributed by atoms with Gasteiger partial charge in [-0.1, -0.05) is 60.8 Å². The van der Waals surface area contributed by atoms with E-state index in [1.165, 1.54) is 12.0 Å². The van der Waals surface area contributed by atoms with Crippen LogP contribution in [-0.4, -0.2) is 12.6 Å². The molecule has 0 radical (unpaired) electrons. The van der Waals surface area contributed by atoms with Gasteiger partial charge >= 0.3 is 0 Å². The third kappa shape index (κ3) is 4.61. The zero-order valence-electron chi connectivity index (χ0n) is 10.8. The minimum Gasteiger partial charge on any atom is -0.314 e. The van der Waals surface area contributed by atoms with Crippen LogP contribution in [-0.2, 0) is 6.42 Å². The molecule has 1 rings (SSSR count). The zero-order chi connectivity index (χ0) is 12.8. The lowest BCUT2D eigenvalue weighted by Gasteiger charge is -2.24. The van der Waals surface area contributed by atoms with E-state index in [1.54, 1.807) is 0 Å². The highest BCUT2D eigenvalue weighted by atomic mass is 79.9. The molecule has 17 heavy (non-hydrogen) atoms. The van der Waals surface area contributed by atoms with Gasteiger partial charge in [0.25, 0.3) is 0 Å². The standard InChI is InChI=1S/C14H21BrClN/c1-4-10(3)14(17-5-2)8-11-6-7-12(15)9-13(11)16/h6-7,9-10,14,17H,4-5,8H2,1-3H3. The lowest BCUT2D eigenvalue weighted by molar-refractivity contribution is 0.371. The van der Waals surface area contributed by atoms with Crippen LogP contribution >= 0.6 is 27.5 Å². The summed E-state index contributed by atoms with van der Waals surface area (Å²) < 4.78 is 1.04. The van der Waals surface area contributed by atoms with Crippen LogP contribution in [0.5, 0.6) is 0 Å². The highest BCUT2D eigenvalue weighted by molar-refractivity contribution is 9.10. The second kappa shape index (κ2) is 7.40. The third-order valence-corrected chi connectivity index (χ3v) is 4.10. The van der Waals surface area contributed by atoms with E-state index in [-0.39, 0.29) is 0 Å². The van der Waals surface area contributed by atoms with E-state index in [9.17, 15) is 0 Å². The summed E-state index contributed by atoms with van der Waals surface area (Å²) in [4.78, 5) is 0. The number of halogens is 2. The third-order valence-electron chi connectivity index (χ3n) is 3.25. The Morgan fingerprint density at radius 3 is 2.59 bits per heavy atom. The Bertz CT molecular complexity index is 354. The molecule has 0 aliphatic rings. The van der Waals surface area contributed by atoms with Crippen molar-refractivity contribution >= 4 is 27.5 Å². The largest absolute Gasteiger partial charge is 0.314 e. The summed E-state index contributed by atoms with van der Waals surface area (Å²) in [5.74, 6) is 0.662. The van der Waals surface area contributed by atoms with Gasteiger partial charge in [-0.25, -0.2) is 0 Å². The maximum absolute atomic E-state index is 6.26. The summed E-state index contributed by atoms with van der Waals surface area (Å²) in [6.07, 6.45) is 2.18. The van der Waals surface area contributed by atoms with E-state index in [0.29, 0.717) is 12.0 Å². The Morgan fingerprint density at radius 2 is 2.06 bits per heavy atom.